The van der Waals surface area contributed by atoms with Gasteiger partial charge in [-0.2, -0.15) is 10.2 Å². The number of nitrogens with zero attached hydrogens (tertiary/aromatic N) is 2. The molecule has 1 atom stereocenters. The Labute approximate surface area is 178 Å². The molecule has 2 aromatic carbocycles. The van der Waals surface area contributed by atoms with Gasteiger partial charge in [0.2, 0.25) is 0 Å². The molecule has 0 unspecified atom stereocenters. The van der Waals surface area contributed by atoms with Crippen LogP contribution in [0, 0.1) is 0 Å². The van der Waals surface area contributed by atoms with E-state index in [9.17, 15) is 4.79 Å². The van der Waals surface area contributed by atoms with Crippen molar-refractivity contribution in [3.05, 3.63) is 48.5 Å². The molecule has 0 aliphatic carbocycles. The molecule has 0 saturated carbocycles. The molecule has 2 rings (SSSR count). The van der Waals surface area contributed by atoms with Crippen LogP contribution in [-0.2, 0) is 4.79 Å². The third kappa shape index (κ3) is 9.54. The van der Waals surface area contributed by atoms with E-state index in [2.05, 4.69) is 24.1 Å². The topological polar surface area (TPSA) is 80.5 Å². The number of hydrogen-bond donors (Lipinski definition) is 1. The lowest BCUT2D eigenvalue weighted by Crippen LogP contribution is -2.11. The fourth-order valence-electron chi connectivity index (χ4n) is 2.88. The van der Waals surface area contributed by atoms with Crippen molar-refractivity contribution in [1.29, 1.82) is 0 Å². The smallest absolute Gasteiger partial charge is 0.303 e. The third-order valence-corrected chi connectivity index (χ3v) is 4.56. The molecule has 1 N–H and O–H groups in total. The van der Waals surface area contributed by atoms with E-state index in [0.29, 0.717) is 24.5 Å². The summed E-state index contributed by atoms with van der Waals surface area (Å²) < 4.78 is 11.5. The normalized spacial score (nSPS) is 12.1. The Balaban J connectivity index is 1.77. The van der Waals surface area contributed by atoms with Gasteiger partial charge in [-0.3, -0.25) is 4.79 Å². The largest absolute Gasteiger partial charge is 0.494 e. The molecule has 0 amide bonds. The standard InChI is InChI=1S/C24H32N2O4/c1-3-4-5-6-8-19(2)30-23-16-12-21(13-17-23)26-25-20-10-14-22(15-11-20)29-18-7-9-24(27)28/h10-17,19H,3-9,18H2,1-2H3,(H,27,28)/t19-/m1/s1. The molecule has 0 bridgehead atoms. The fourth-order valence-corrected chi connectivity index (χ4v) is 2.88. The number of carboxylic acids is 1. The molecule has 6 nitrogen and oxygen atoms in total. The van der Waals surface area contributed by atoms with E-state index < -0.39 is 5.97 Å². The quantitative estimate of drug-likeness (QED) is 0.265. The van der Waals surface area contributed by atoms with Crippen LogP contribution >= 0.6 is 0 Å². The van der Waals surface area contributed by atoms with E-state index in [-0.39, 0.29) is 12.5 Å². The monoisotopic (exact) mass is 412 g/mol. The lowest BCUT2D eigenvalue weighted by Gasteiger charge is -2.14. The van der Waals surface area contributed by atoms with Gasteiger partial charge < -0.3 is 14.6 Å². The average molecular weight is 413 g/mol. The van der Waals surface area contributed by atoms with Gasteiger partial charge in [-0.15, -0.1) is 0 Å². The average Bonchev–Trinajstić information content (AvgIpc) is 2.74. The molecular formula is C24H32N2O4. The first kappa shape index (κ1) is 23.4. The molecule has 30 heavy (non-hydrogen) atoms. The maximum absolute atomic E-state index is 10.5. The van der Waals surface area contributed by atoms with Gasteiger partial charge >= 0.3 is 5.97 Å². The Morgan fingerprint density at radius 2 is 1.50 bits per heavy atom. The van der Waals surface area contributed by atoms with Gasteiger partial charge in [-0.1, -0.05) is 26.2 Å². The van der Waals surface area contributed by atoms with Crippen LogP contribution in [0.2, 0.25) is 0 Å². The number of carboxylic acid groups (broad SMARTS) is 1. The van der Waals surface area contributed by atoms with E-state index in [1.54, 1.807) is 12.1 Å². The van der Waals surface area contributed by atoms with Gasteiger partial charge in [0.1, 0.15) is 11.5 Å². The van der Waals surface area contributed by atoms with Crippen LogP contribution in [0.4, 0.5) is 11.4 Å². The van der Waals surface area contributed by atoms with Crippen LogP contribution in [-0.4, -0.2) is 23.8 Å². The number of unbranched alkanes of at least 4 members (excludes halogenated alkanes) is 3. The number of hydrogen-bond acceptors (Lipinski definition) is 5. The Hall–Kier alpha value is -2.89. The van der Waals surface area contributed by atoms with Crippen LogP contribution in [0.5, 0.6) is 11.5 Å². The van der Waals surface area contributed by atoms with Crippen LogP contribution in [0.25, 0.3) is 0 Å². The molecule has 2 aromatic rings. The minimum Gasteiger partial charge on any atom is -0.494 e. The van der Waals surface area contributed by atoms with Gasteiger partial charge in [-0.25, -0.2) is 0 Å². The lowest BCUT2D eigenvalue weighted by atomic mass is 10.1. The van der Waals surface area contributed by atoms with E-state index in [4.69, 9.17) is 14.6 Å². The van der Waals surface area contributed by atoms with Gasteiger partial charge in [-0.05, 0) is 74.7 Å². The van der Waals surface area contributed by atoms with Gasteiger partial charge in [0.25, 0.3) is 0 Å². The summed E-state index contributed by atoms with van der Waals surface area (Å²) in [6.45, 7) is 4.70. The van der Waals surface area contributed by atoms with Crippen molar-refractivity contribution in [2.75, 3.05) is 6.61 Å². The summed E-state index contributed by atoms with van der Waals surface area (Å²) in [5.74, 6) is 0.719. The summed E-state index contributed by atoms with van der Waals surface area (Å²) in [6, 6.07) is 14.9. The van der Waals surface area contributed by atoms with Gasteiger partial charge in [0.05, 0.1) is 24.1 Å². The fraction of sp³-hybridized carbons (Fsp3) is 0.458. The molecule has 0 saturated heterocycles. The van der Waals surface area contributed by atoms with Crippen LogP contribution in [0.1, 0.15) is 58.8 Å². The van der Waals surface area contributed by atoms with Crippen molar-refractivity contribution >= 4 is 17.3 Å². The molecule has 6 heteroatoms. The maximum Gasteiger partial charge on any atom is 0.303 e. The first-order valence-corrected chi connectivity index (χ1v) is 10.7. The first-order valence-electron chi connectivity index (χ1n) is 10.7. The van der Waals surface area contributed by atoms with Crippen molar-refractivity contribution < 1.29 is 19.4 Å². The second kappa shape index (κ2) is 13.4. The summed E-state index contributed by atoms with van der Waals surface area (Å²) in [4.78, 5) is 10.5. The van der Waals surface area contributed by atoms with Crippen molar-refractivity contribution in [3.63, 3.8) is 0 Å². The van der Waals surface area contributed by atoms with Crippen molar-refractivity contribution in [1.82, 2.24) is 0 Å². The highest BCUT2D eigenvalue weighted by atomic mass is 16.5. The maximum atomic E-state index is 10.5. The second-order valence-corrected chi connectivity index (χ2v) is 7.31. The summed E-state index contributed by atoms with van der Waals surface area (Å²) in [7, 11) is 0. The van der Waals surface area contributed by atoms with E-state index in [0.717, 1.165) is 17.9 Å². The Morgan fingerprint density at radius 3 is 2.07 bits per heavy atom. The summed E-state index contributed by atoms with van der Waals surface area (Å²) >= 11 is 0. The highest BCUT2D eigenvalue weighted by molar-refractivity contribution is 5.66. The van der Waals surface area contributed by atoms with E-state index >= 15 is 0 Å². The predicted molar refractivity (Wildman–Crippen MR) is 118 cm³/mol. The molecule has 0 fully saturated rings. The van der Waals surface area contributed by atoms with Crippen molar-refractivity contribution in [3.8, 4) is 11.5 Å². The number of azo groups is 1. The number of aliphatic carboxylic acids is 1. The molecule has 0 radical (unpaired) electrons. The van der Waals surface area contributed by atoms with Crippen molar-refractivity contribution in [2.24, 2.45) is 10.2 Å². The van der Waals surface area contributed by atoms with E-state index in [1.165, 1.54) is 25.7 Å². The van der Waals surface area contributed by atoms with Gasteiger partial charge in [0.15, 0.2) is 0 Å². The number of ether oxygens (including phenoxy) is 2. The highest BCUT2D eigenvalue weighted by Crippen LogP contribution is 2.24. The van der Waals surface area contributed by atoms with Gasteiger partial charge in [0, 0.05) is 6.42 Å². The Bertz CT molecular complexity index is 773. The van der Waals surface area contributed by atoms with Crippen LogP contribution in [0.15, 0.2) is 58.8 Å². The molecule has 0 heterocycles. The molecule has 0 aromatic heterocycles. The number of rotatable bonds is 14. The summed E-state index contributed by atoms with van der Waals surface area (Å²) in [5, 5.41) is 17.1. The number of carbonyl (C=O) groups is 1. The molecule has 0 aliphatic rings. The molecule has 162 valence electrons. The zero-order valence-electron chi connectivity index (χ0n) is 17.9. The lowest BCUT2D eigenvalue weighted by molar-refractivity contribution is -0.137. The SMILES string of the molecule is CCCCCC[C@@H](C)Oc1ccc(N=Nc2ccc(OCCCC(=O)O)cc2)cc1. The zero-order valence-corrected chi connectivity index (χ0v) is 17.9. The Morgan fingerprint density at radius 1 is 0.900 bits per heavy atom. The highest BCUT2D eigenvalue weighted by Gasteiger charge is 2.04. The van der Waals surface area contributed by atoms with Crippen molar-refractivity contribution in [2.45, 2.75) is 64.9 Å². The minimum atomic E-state index is -0.814. The second-order valence-electron chi connectivity index (χ2n) is 7.31. The minimum absolute atomic E-state index is 0.105. The third-order valence-electron chi connectivity index (χ3n) is 4.56. The predicted octanol–water partition coefficient (Wildman–Crippen LogP) is 7.08. The molecule has 0 spiro atoms. The van der Waals surface area contributed by atoms with Crippen LogP contribution < -0.4 is 9.47 Å². The molecule has 0 aliphatic heterocycles. The Kier molecular flexibility index (Phi) is 10.4. The summed E-state index contributed by atoms with van der Waals surface area (Å²) in [5.41, 5.74) is 1.47. The summed E-state index contributed by atoms with van der Waals surface area (Å²) in [6.07, 6.45) is 6.86. The zero-order chi connectivity index (χ0) is 21.6. The number of benzene rings is 2. The first-order chi connectivity index (χ1) is 14.6. The van der Waals surface area contributed by atoms with E-state index in [1.807, 2.05) is 36.4 Å². The molecular weight excluding hydrogens is 380 g/mol. The van der Waals surface area contributed by atoms with Crippen LogP contribution in [0.3, 0.4) is 0 Å².